The molecule has 0 saturated carbocycles. The van der Waals surface area contributed by atoms with Crippen LogP contribution in [0.4, 0.5) is 4.39 Å². The molecule has 1 heterocycles. The number of carbonyl (C=O) groups is 1. The van der Waals surface area contributed by atoms with Crippen LogP contribution in [-0.4, -0.2) is 25.5 Å². The molecule has 0 radical (unpaired) electrons. The Morgan fingerprint density at radius 3 is 3.00 bits per heavy atom. The Hall–Kier alpha value is -1.26. The van der Waals surface area contributed by atoms with E-state index in [0.717, 1.165) is 10.1 Å². The van der Waals surface area contributed by atoms with Crippen LogP contribution in [-0.2, 0) is 0 Å². The van der Waals surface area contributed by atoms with Gasteiger partial charge in [0.1, 0.15) is 0 Å². The fourth-order valence-corrected chi connectivity index (χ4v) is 2.65. The molecule has 0 aliphatic rings. The Morgan fingerprint density at radius 2 is 2.29 bits per heavy atom. The van der Waals surface area contributed by atoms with E-state index in [0.29, 0.717) is 5.56 Å². The molecule has 0 aliphatic heterocycles. The number of carbonyl (C=O) groups excluding carboxylic acids is 1. The Bertz CT molecular complexity index is 523. The van der Waals surface area contributed by atoms with Crippen LogP contribution in [0.25, 0.3) is 10.1 Å². The van der Waals surface area contributed by atoms with Gasteiger partial charge in [0.15, 0.2) is 5.78 Å². The van der Waals surface area contributed by atoms with Gasteiger partial charge in [-0.25, -0.2) is 0 Å². The predicted molar refractivity (Wildman–Crippen MR) is 69.6 cm³/mol. The van der Waals surface area contributed by atoms with Gasteiger partial charge in [0, 0.05) is 10.3 Å². The first-order valence-corrected chi connectivity index (χ1v) is 6.39. The first kappa shape index (κ1) is 12.2. The smallest absolute Gasteiger partial charge is 0.179 e. The minimum Gasteiger partial charge on any atom is -0.310 e. The SMILES string of the molecule is CNC(CCF)C(=O)c1ccc2ccsc2c1. The normalized spacial score (nSPS) is 12.8. The highest BCUT2D eigenvalue weighted by molar-refractivity contribution is 7.17. The van der Waals surface area contributed by atoms with Crippen LogP contribution in [0, 0.1) is 0 Å². The number of nitrogens with one attached hydrogen (secondary N) is 1. The van der Waals surface area contributed by atoms with Crippen molar-refractivity contribution in [3.05, 3.63) is 35.2 Å². The Labute approximate surface area is 103 Å². The van der Waals surface area contributed by atoms with Gasteiger partial charge in [-0.1, -0.05) is 12.1 Å². The van der Waals surface area contributed by atoms with Crippen molar-refractivity contribution < 1.29 is 9.18 Å². The Morgan fingerprint density at radius 1 is 1.47 bits per heavy atom. The number of fused-ring (bicyclic) bond motifs is 1. The van der Waals surface area contributed by atoms with Gasteiger partial charge in [0.2, 0.25) is 0 Å². The Kier molecular flexibility index (Phi) is 3.86. The second-order valence-electron chi connectivity index (χ2n) is 3.86. The lowest BCUT2D eigenvalue weighted by Crippen LogP contribution is -2.34. The summed E-state index contributed by atoms with van der Waals surface area (Å²) in [5, 5.41) is 5.99. The molecule has 2 nitrogen and oxygen atoms in total. The molecule has 90 valence electrons. The van der Waals surface area contributed by atoms with E-state index in [9.17, 15) is 9.18 Å². The number of hydrogen-bond donors (Lipinski definition) is 1. The van der Waals surface area contributed by atoms with Gasteiger partial charge in [-0.3, -0.25) is 9.18 Å². The minimum atomic E-state index is -0.488. The zero-order valence-electron chi connectivity index (χ0n) is 9.57. The fourth-order valence-electron chi connectivity index (χ4n) is 1.82. The first-order valence-electron chi connectivity index (χ1n) is 5.51. The monoisotopic (exact) mass is 251 g/mol. The van der Waals surface area contributed by atoms with Crippen LogP contribution in [0.1, 0.15) is 16.8 Å². The predicted octanol–water partition coefficient (Wildman–Crippen LogP) is 3.03. The lowest BCUT2D eigenvalue weighted by Gasteiger charge is -2.13. The molecule has 1 atom stereocenters. The molecule has 1 N–H and O–H groups in total. The van der Waals surface area contributed by atoms with E-state index in [4.69, 9.17) is 0 Å². The van der Waals surface area contributed by atoms with Crippen LogP contribution >= 0.6 is 11.3 Å². The summed E-state index contributed by atoms with van der Waals surface area (Å²) in [6.07, 6.45) is 0.220. The molecular weight excluding hydrogens is 237 g/mol. The van der Waals surface area contributed by atoms with Crippen molar-refractivity contribution in [2.75, 3.05) is 13.7 Å². The highest BCUT2D eigenvalue weighted by Crippen LogP contribution is 2.22. The van der Waals surface area contributed by atoms with E-state index in [-0.39, 0.29) is 12.2 Å². The largest absolute Gasteiger partial charge is 0.310 e. The van der Waals surface area contributed by atoms with Gasteiger partial charge in [0.25, 0.3) is 0 Å². The topological polar surface area (TPSA) is 29.1 Å². The minimum absolute atomic E-state index is 0.0412. The average molecular weight is 251 g/mol. The van der Waals surface area contributed by atoms with E-state index in [1.807, 2.05) is 23.6 Å². The molecule has 1 aromatic carbocycles. The molecule has 1 unspecified atom stereocenters. The van der Waals surface area contributed by atoms with Crippen LogP contribution in [0.5, 0.6) is 0 Å². The van der Waals surface area contributed by atoms with Crippen molar-refractivity contribution in [3.63, 3.8) is 0 Å². The summed E-state index contributed by atoms with van der Waals surface area (Å²) >= 11 is 1.60. The molecule has 0 saturated heterocycles. The number of hydrogen-bond acceptors (Lipinski definition) is 3. The third-order valence-corrected chi connectivity index (χ3v) is 3.68. The average Bonchev–Trinajstić information content (AvgIpc) is 2.82. The van der Waals surface area contributed by atoms with Crippen LogP contribution in [0.2, 0.25) is 0 Å². The first-order chi connectivity index (χ1) is 8.26. The number of thiophene rings is 1. The fraction of sp³-hybridized carbons (Fsp3) is 0.308. The van der Waals surface area contributed by atoms with Crippen molar-refractivity contribution in [2.45, 2.75) is 12.5 Å². The second kappa shape index (κ2) is 5.38. The van der Waals surface area contributed by atoms with E-state index >= 15 is 0 Å². The summed E-state index contributed by atoms with van der Waals surface area (Å²) < 4.78 is 13.4. The third-order valence-electron chi connectivity index (χ3n) is 2.80. The highest BCUT2D eigenvalue weighted by atomic mass is 32.1. The number of benzene rings is 1. The van der Waals surface area contributed by atoms with Gasteiger partial charge < -0.3 is 5.32 Å². The summed E-state index contributed by atoms with van der Waals surface area (Å²) in [6.45, 7) is -0.488. The number of halogens is 1. The van der Waals surface area contributed by atoms with Crippen molar-refractivity contribution in [3.8, 4) is 0 Å². The number of likely N-dealkylation sites (N-methyl/N-ethyl adjacent to an activating group) is 1. The van der Waals surface area contributed by atoms with Gasteiger partial charge in [-0.2, -0.15) is 0 Å². The van der Waals surface area contributed by atoms with Crippen molar-refractivity contribution in [1.82, 2.24) is 5.32 Å². The molecular formula is C13H14FNOS. The summed E-state index contributed by atoms with van der Waals surface area (Å²) in [6, 6.07) is 7.20. The maximum absolute atomic E-state index is 12.3. The maximum atomic E-state index is 12.3. The molecule has 1 aromatic heterocycles. The summed E-state index contributed by atoms with van der Waals surface area (Å²) in [5.41, 5.74) is 0.646. The van der Waals surface area contributed by atoms with Crippen molar-refractivity contribution in [2.24, 2.45) is 0 Å². The van der Waals surface area contributed by atoms with Gasteiger partial charge in [-0.05, 0) is 36.4 Å². The number of Topliss-reactive ketones (excluding diaryl/α,β-unsaturated/α-hetero) is 1. The maximum Gasteiger partial charge on any atom is 0.179 e. The van der Waals surface area contributed by atoms with Crippen molar-refractivity contribution >= 4 is 27.2 Å². The third kappa shape index (κ3) is 2.53. The van der Waals surface area contributed by atoms with E-state index < -0.39 is 12.7 Å². The van der Waals surface area contributed by atoms with Crippen molar-refractivity contribution in [1.29, 1.82) is 0 Å². The molecule has 0 aliphatic carbocycles. The molecule has 2 rings (SSSR count). The summed E-state index contributed by atoms with van der Waals surface area (Å²) in [5.74, 6) is -0.0412. The van der Waals surface area contributed by atoms with E-state index in [1.165, 1.54) is 0 Å². The van der Waals surface area contributed by atoms with E-state index in [2.05, 4.69) is 5.32 Å². The molecule has 4 heteroatoms. The van der Waals surface area contributed by atoms with Crippen LogP contribution in [0.15, 0.2) is 29.6 Å². The standard InChI is InChI=1S/C13H14FNOS/c1-15-11(4-6-14)13(16)10-3-2-9-5-7-17-12(9)8-10/h2-3,5,7-8,11,15H,4,6H2,1H3. The highest BCUT2D eigenvalue weighted by Gasteiger charge is 2.18. The number of ketones is 1. The number of rotatable bonds is 5. The van der Waals surface area contributed by atoms with E-state index in [1.54, 1.807) is 24.5 Å². The molecule has 0 bridgehead atoms. The number of alkyl halides is 1. The lowest BCUT2D eigenvalue weighted by molar-refractivity contribution is 0.0938. The van der Waals surface area contributed by atoms with Gasteiger partial charge in [0.05, 0.1) is 12.7 Å². The Balaban J connectivity index is 2.28. The lowest BCUT2D eigenvalue weighted by atomic mass is 10.0. The quantitative estimate of drug-likeness (QED) is 0.828. The molecule has 0 spiro atoms. The summed E-state index contributed by atoms with van der Waals surface area (Å²) in [4.78, 5) is 12.1. The van der Waals surface area contributed by atoms with Gasteiger partial charge >= 0.3 is 0 Å². The molecule has 17 heavy (non-hydrogen) atoms. The molecule has 2 aromatic rings. The summed E-state index contributed by atoms with van der Waals surface area (Å²) in [7, 11) is 1.68. The van der Waals surface area contributed by atoms with Crippen LogP contribution < -0.4 is 5.32 Å². The zero-order valence-corrected chi connectivity index (χ0v) is 10.4. The van der Waals surface area contributed by atoms with Gasteiger partial charge in [-0.15, -0.1) is 11.3 Å². The van der Waals surface area contributed by atoms with Crippen LogP contribution in [0.3, 0.4) is 0 Å². The molecule has 0 amide bonds. The zero-order chi connectivity index (χ0) is 12.3. The second-order valence-corrected chi connectivity index (χ2v) is 4.80. The molecule has 0 fully saturated rings.